The molecule has 2 aromatic rings. The molecule has 1 heterocycles. The number of methoxy groups -OCH3 is 2. The molecule has 1 saturated heterocycles. The molecule has 0 unspecified atom stereocenters. The molecule has 7 nitrogen and oxygen atoms in total. The van der Waals surface area contributed by atoms with E-state index in [4.69, 9.17) is 21.1 Å². The van der Waals surface area contributed by atoms with Gasteiger partial charge in [0.05, 0.1) is 19.9 Å². The van der Waals surface area contributed by atoms with Gasteiger partial charge in [-0.1, -0.05) is 11.6 Å². The number of aryl methyl sites for hydroxylation is 1. The molecule has 1 aliphatic rings. The fraction of sp³-hybridized carbons (Fsp3) is 0.350. The minimum Gasteiger partial charge on any atom is -0.495 e. The average molecular weight is 439 g/mol. The van der Waals surface area contributed by atoms with Crippen molar-refractivity contribution in [2.45, 2.75) is 24.7 Å². The lowest BCUT2D eigenvalue weighted by atomic mass is 10.1. The van der Waals surface area contributed by atoms with Crippen LogP contribution in [0.25, 0.3) is 0 Å². The molecule has 9 heteroatoms. The van der Waals surface area contributed by atoms with Crippen molar-refractivity contribution in [1.29, 1.82) is 0 Å². The normalized spacial score (nSPS) is 14.6. The third-order valence-corrected chi connectivity index (χ3v) is 7.16. The number of ether oxygens (including phenoxy) is 2. The van der Waals surface area contributed by atoms with E-state index in [1.165, 1.54) is 36.7 Å². The van der Waals surface area contributed by atoms with Gasteiger partial charge in [0.15, 0.2) is 0 Å². The van der Waals surface area contributed by atoms with Crippen LogP contribution in [0.4, 0.5) is 5.69 Å². The highest BCUT2D eigenvalue weighted by Gasteiger charge is 2.30. The number of nitrogens with one attached hydrogen (secondary N) is 1. The zero-order chi connectivity index (χ0) is 21.2. The van der Waals surface area contributed by atoms with Crippen molar-refractivity contribution in [3.05, 3.63) is 46.5 Å². The van der Waals surface area contributed by atoms with E-state index in [0.717, 1.165) is 18.4 Å². The van der Waals surface area contributed by atoms with E-state index in [9.17, 15) is 13.2 Å². The molecule has 1 fully saturated rings. The summed E-state index contributed by atoms with van der Waals surface area (Å²) >= 11 is 6.11. The third-order valence-electron chi connectivity index (χ3n) is 4.84. The zero-order valence-electron chi connectivity index (χ0n) is 16.5. The largest absolute Gasteiger partial charge is 0.495 e. The standard InChI is InChI=1S/C20H23ClN2O5S/c1-13-10-16(18(28-3)12-15(13)21)22-20(24)14-6-7-17(27-2)19(11-14)29(25,26)23-8-4-5-9-23/h6-7,10-12H,4-5,8-9H2,1-3H3,(H,22,24). The van der Waals surface area contributed by atoms with E-state index >= 15 is 0 Å². The van der Waals surface area contributed by atoms with Gasteiger partial charge in [0.25, 0.3) is 5.91 Å². The number of nitrogens with zero attached hydrogens (tertiary/aromatic N) is 1. The molecule has 0 spiro atoms. The molecule has 156 valence electrons. The van der Waals surface area contributed by atoms with Gasteiger partial charge in [-0.25, -0.2) is 8.42 Å². The third kappa shape index (κ3) is 4.34. The van der Waals surface area contributed by atoms with Crippen molar-refractivity contribution in [2.75, 3.05) is 32.6 Å². The Hall–Kier alpha value is -2.29. The number of anilines is 1. The second-order valence-corrected chi connectivity index (χ2v) is 9.05. The first-order valence-corrected chi connectivity index (χ1v) is 10.9. The Morgan fingerprint density at radius 1 is 1.07 bits per heavy atom. The van der Waals surface area contributed by atoms with Gasteiger partial charge in [-0.15, -0.1) is 0 Å². The lowest BCUT2D eigenvalue weighted by molar-refractivity contribution is 0.102. The van der Waals surface area contributed by atoms with Crippen LogP contribution in [0.2, 0.25) is 5.02 Å². The second-order valence-electron chi connectivity index (χ2n) is 6.73. The summed E-state index contributed by atoms with van der Waals surface area (Å²) in [5, 5.41) is 3.28. The number of rotatable bonds is 6. The maximum atomic E-state index is 13.0. The van der Waals surface area contributed by atoms with Crippen molar-refractivity contribution in [2.24, 2.45) is 0 Å². The number of hydrogen-bond donors (Lipinski definition) is 1. The lowest BCUT2D eigenvalue weighted by Gasteiger charge is -2.18. The summed E-state index contributed by atoms with van der Waals surface area (Å²) < 4.78 is 37.9. The molecule has 0 aromatic heterocycles. The van der Waals surface area contributed by atoms with E-state index in [0.29, 0.717) is 29.5 Å². The number of sulfonamides is 1. The fourth-order valence-electron chi connectivity index (χ4n) is 3.21. The summed E-state index contributed by atoms with van der Waals surface area (Å²) in [5.74, 6) is 0.145. The summed E-state index contributed by atoms with van der Waals surface area (Å²) in [6, 6.07) is 7.67. The quantitative estimate of drug-likeness (QED) is 0.743. The molecule has 0 radical (unpaired) electrons. The van der Waals surface area contributed by atoms with E-state index in [-0.39, 0.29) is 16.2 Å². The minimum absolute atomic E-state index is 0.0196. The predicted molar refractivity (Wildman–Crippen MR) is 112 cm³/mol. The molecular formula is C20H23ClN2O5S. The van der Waals surface area contributed by atoms with Crippen LogP contribution in [0.3, 0.4) is 0 Å². The molecule has 0 saturated carbocycles. The van der Waals surface area contributed by atoms with Crippen molar-refractivity contribution < 1.29 is 22.7 Å². The highest BCUT2D eigenvalue weighted by atomic mass is 35.5. The SMILES string of the molecule is COc1cc(Cl)c(C)cc1NC(=O)c1ccc(OC)c(S(=O)(=O)N2CCCC2)c1. The Bertz CT molecular complexity index is 1030. The van der Waals surface area contributed by atoms with E-state index in [1.54, 1.807) is 12.1 Å². The summed E-state index contributed by atoms with van der Waals surface area (Å²) in [4.78, 5) is 12.8. The molecule has 0 aliphatic carbocycles. The van der Waals surface area contributed by atoms with Gasteiger partial charge in [-0.05, 0) is 49.6 Å². The average Bonchev–Trinajstić information content (AvgIpc) is 3.25. The van der Waals surface area contributed by atoms with E-state index < -0.39 is 15.9 Å². The molecule has 2 aromatic carbocycles. The molecule has 0 atom stereocenters. The summed E-state index contributed by atoms with van der Waals surface area (Å²) in [7, 11) is -0.870. The van der Waals surface area contributed by atoms with Gasteiger partial charge in [0.2, 0.25) is 10.0 Å². The van der Waals surface area contributed by atoms with Gasteiger partial charge in [-0.3, -0.25) is 4.79 Å². The van der Waals surface area contributed by atoms with Crippen LogP contribution in [-0.2, 0) is 10.0 Å². The van der Waals surface area contributed by atoms with Gasteiger partial charge in [-0.2, -0.15) is 4.31 Å². The molecule has 1 amide bonds. The van der Waals surface area contributed by atoms with Crippen LogP contribution in [0, 0.1) is 6.92 Å². The number of amides is 1. The summed E-state index contributed by atoms with van der Waals surface area (Å²) in [5.41, 5.74) is 1.41. The predicted octanol–water partition coefficient (Wildman–Crippen LogP) is 3.70. The van der Waals surface area contributed by atoms with Crippen molar-refractivity contribution in [1.82, 2.24) is 4.31 Å². The Morgan fingerprint density at radius 2 is 1.72 bits per heavy atom. The van der Waals surface area contributed by atoms with Crippen LogP contribution in [0.5, 0.6) is 11.5 Å². The Balaban J connectivity index is 1.96. The van der Waals surface area contributed by atoms with Gasteiger partial charge < -0.3 is 14.8 Å². The summed E-state index contributed by atoms with van der Waals surface area (Å²) in [6.07, 6.45) is 1.63. The van der Waals surface area contributed by atoms with Crippen LogP contribution in [-0.4, -0.2) is 45.9 Å². The minimum atomic E-state index is -3.75. The molecule has 1 aliphatic heterocycles. The molecule has 1 N–H and O–H groups in total. The van der Waals surface area contributed by atoms with Crippen LogP contribution in [0.15, 0.2) is 35.2 Å². The number of benzene rings is 2. The molecular weight excluding hydrogens is 416 g/mol. The van der Waals surface area contributed by atoms with Crippen LogP contribution in [0.1, 0.15) is 28.8 Å². The zero-order valence-corrected chi connectivity index (χ0v) is 18.1. The van der Waals surface area contributed by atoms with Crippen molar-refractivity contribution in [3.63, 3.8) is 0 Å². The first-order chi connectivity index (χ1) is 13.8. The first kappa shape index (κ1) is 21.4. The van der Waals surface area contributed by atoms with Crippen molar-refractivity contribution in [3.8, 4) is 11.5 Å². The summed E-state index contributed by atoms with van der Waals surface area (Å²) in [6.45, 7) is 2.73. The smallest absolute Gasteiger partial charge is 0.255 e. The Morgan fingerprint density at radius 3 is 2.34 bits per heavy atom. The maximum absolute atomic E-state index is 13.0. The van der Waals surface area contributed by atoms with Crippen LogP contribution < -0.4 is 14.8 Å². The van der Waals surface area contributed by atoms with E-state index in [2.05, 4.69) is 5.32 Å². The first-order valence-electron chi connectivity index (χ1n) is 9.11. The monoisotopic (exact) mass is 438 g/mol. The fourth-order valence-corrected chi connectivity index (χ4v) is 5.06. The van der Waals surface area contributed by atoms with Crippen molar-refractivity contribution >= 4 is 33.2 Å². The molecule has 0 bridgehead atoms. The lowest BCUT2D eigenvalue weighted by Crippen LogP contribution is -2.28. The Labute approximate surface area is 175 Å². The number of halogens is 1. The van der Waals surface area contributed by atoms with Gasteiger partial charge in [0.1, 0.15) is 16.4 Å². The molecule has 29 heavy (non-hydrogen) atoms. The highest BCUT2D eigenvalue weighted by Crippen LogP contribution is 2.33. The maximum Gasteiger partial charge on any atom is 0.255 e. The number of carbonyl (C=O) groups is 1. The second kappa shape index (κ2) is 8.61. The van der Waals surface area contributed by atoms with Gasteiger partial charge in [0, 0.05) is 29.7 Å². The van der Waals surface area contributed by atoms with Crippen LogP contribution >= 0.6 is 11.6 Å². The highest BCUT2D eigenvalue weighted by molar-refractivity contribution is 7.89. The molecule has 3 rings (SSSR count). The number of hydrogen-bond acceptors (Lipinski definition) is 5. The van der Waals surface area contributed by atoms with E-state index in [1.807, 2.05) is 6.92 Å². The number of carbonyl (C=O) groups excluding carboxylic acids is 1. The topological polar surface area (TPSA) is 84.9 Å². The van der Waals surface area contributed by atoms with Gasteiger partial charge >= 0.3 is 0 Å². The Kier molecular flexibility index (Phi) is 6.36.